The maximum absolute atomic E-state index is 10.6. The van der Waals surface area contributed by atoms with E-state index < -0.39 is 12.1 Å². The molecule has 0 bridgehead atoms. The van der Waals surface area contributed by atoms with Crippen molar-refractivity contribution in [3.63, 3.8) is 0 Å². The topological polar surface area (TPSA) is 85.2 Å². The van der Waals surface area contributed by atoms with Gasteiger partial charge in [-0.05, 0) is 30.5 Å². The molecule has 6 heteroatoms. The number of carboxylic acid groups (broad SMARTS) is 1. The lowest BCUT2D eigenvalue weighted by atomic mass is 10.1. The van der Waals surface area contributed by atoms with Crippen LogP contribution in [-0.4, -0.2) is 48.7 Å². The Labute approximate surface area is 123 Å². The first-order valence-electron chi connectivity index (χ1n) is 7.00. The van der Waals surface area contributed by atoms with Gasteiger partial charge in [0.15, 0.2) is 6.10 Å². The van der Waals surface area contributed by atoms with Crippen LogP contribution >= 0.6 is 0 Å². The number of benzene rings is 1. The Balaban J connectivity index is 1.65. The van der Waals surface area contributed by atoms with Crippen molar-refractivity contribution in [1.82, 2.24) is 0 Å². The zero-order valence-corrected chi connectivity index (χ0v) is 11.7. The number of aliphatic hydroxyl groups is 1. The Morgan fingerprint density at radius 2 is 2.10 bits per heavy atom. The van der Waals surface area contributed by atoms with Crippen molar-refractivity contribution in [3.8, 4) is 5.75 Å². The zero-order valence-electron chi connectivity index (χ0n) is 11.7. The number of aliphatic carboxylic acids is 1. The third kappa shape index (κ3) is 5.00. The first-order chi connectivity index (χ1) is 10.2. The highest BCUT2D eigenvalue weighted by Gasteiger charge is 2.16. The summed E-state index contributed by atoms with van der Waals surface area (Å²) in [5.41, 5.74) is 0.324. The molecular weight excluding hydrogens is 276 g/mol. The second-order valence-corrected chi connectivity index (χ2v) is 4.87. The number of hydrogen-bond donors (Lipinski definition) is 2. The number of carboxylic acids is 1. The van der Waals surface area contributed by atoms with E-state index >= 15 is 0 Å². The number of hydrogen-bond acceptors (Lipinski definition) is 5. The zero-order chi connectivity index (χ0) is 15.1. The fourth-order valence-corrected chi connectivity index (χ4v) is 2.10. The highest BCUT2D eigenvalue weighted by molar-refractivity contribution is 5.74. The van der Waals surface area contributed by atoms with Crippen LogP contribution in [-0.2, 0) is 14.3 Å². The third-order valence-electron chi connectivity index (χ3n) is 3.25. The van der Waals surface area contributed by atoms with Crippen LogP contribution < -0.4 is 4.74 Å². The second-order valence-electron chi connectivity index (χ2n) is 4.87. The number of aliphatic hydroxyl groups excluding tert-OH is 1. The van der Waals surface area contributed by atoms with E-state index in [2.05, 4.69) is 0 Å². The lowest BCUT2D eigenvalue weighted by Crippen LogP contribution is -2.17. The first-order valence-corrected chi connectivity index (χ1v) is 7.00. The molecule has 116 valence electrons. The summed E-state index contributed by atoms with van der Waals surface area (Å²) < 4.78 is 16.4. The Morgan fingerprint density at radius 1 is 1.33 bits per heavy atom. The monoisotopic (exact) mass is 296 g/mol. The van der Waals surface area contributed by atoms with E-state index in [1.54, 1.807) is 12.1 Å². The van der Waals surface area contributed by atoms with Crippen LogP contribution in [0.4, 0.5) is 0 Å². The van der Waals surface area contributed by atoms with Gasteiger partial charge < -0.3 is 24.4 Å². The molecule has 6 nitrogen and oxygen atoms in total. The van der Waals surface area contributed by atoms with E-state index in [0.29, 0.717) is 31.1 Å². The van der Waals surface area contributed by atoms with Gasteiger partial charge >= 0.3 is 5.97 Å². The van der Waals surface area contributed by atoms with Crippen molar-refractivity contribution >= 4 is 5.97 Å². The average molecular weight is 296 g/mol. The second kappa shape index (κ2) is 7.97. The van der Waals surface area contributed by atoms with Crippen LogP contribution in [0.25, 0.3) is 0 Å². The van der Waals surface area contributed by atoms with Crippen molar-refractivity contribution in [2.75, 3.05) is 26.4 Å². The van der Waals surface area contributed by atoms with Crippen LogP contribution in [0.1, 0.15) is 24.5 Å². The molecule has 2 N–H and O–H groups in total. The molecule has 2 rings (SSSR count). The van der Waals surface area contributed by atoms with Crippen LogP contribution in [0.5, 0.6) is 5.75 Å². The molecule has 1 saturated heterocycles. The van der Waals surface area contributed by atoms with Gasteiger partial charge in [-0.25, -0.2) is 4.79 Å². The molecule has 0 radical (unpaired) electrons. The Bertz CT molecular complexity index is 438. The van der Waals surface area contributed by atoms with Crippen molar-refractivity contribution in [3.05, 3.63) is 29.8 Å². The summed E-state index contributed by atoms with van der Waals surface area (Å²) in [4.78, 5) is 10.6. The van der Waals surface area contributed by atoms with E-state index in [0.717, 1.165) is 19.4 Å². The van der Waals surface area contributed by atoms with E-state index in [1.165, 1.54) is 12.1 Å². The van der Waals surface area contributed by atoms with Crippen LogP contribution in [0.3, 0.4) is 0 Å². The minimum atomic E-state index is -1.51. The maximum Gasteiger partial charge on any atom is 0.337 e. The van der Waals surface area contributed by atoms with Crippen molar-refractivity contribution in [2.45, 2.75) is 25.0 Å². The molecular formula is C15H20O6. The summed E-state index contributed by atoms with van der Waals surface area (Å²) >= 11 is 0. The summed E-state index contributed by atoms with van der Waals surface area (Å²) in [6.45, 7) is 2.29. The van der Waals surface area contributed by atoms with Gasteiger partial charge in [-0.15, -0.1) is 0 Å². The highest BCUT2D eigenvalue weighted by atomic mass is 16.5. The summed E-state index contributed by atoms with van der Waals surface area (Å²) in [5.74, 6) is -0.664. The van der Waals surface area contributed by atoms with Gasteiger partial charge in [0, 0.05) is 6.61 Å². The van der Waals surface area contributed by atoms with Gasteiger partial charge in [0.05, 0.1) is 19.3 Å². The largest absolute Gasteiger partial charge is 0.491 e. The molecule has 2 atom stereocenters. The van der Waals surface area contributed by atoms with E-state index in [9.17, 15) is 9.90 Å². The number of ether oxygens (including phenoxy) is 3. The molecule has 1 aliphatic heterocycles. The van der Waals surface area contributed by atoms with Gasteiger partial charge in [-0.3, -0.25) is 0 Å². The molecule has 1 heterocycles. The molecule has 0 aromatic heterocycles. The predicted molar refractivity (Wildman–Crippen MR) is 74.3 cm³/mol. The molecule has 0 spiro atoms. The average Bonchev–Trinajstić information content (AvgIpc) is 3.00. The van der Waals surface area contributed by atoms with Gasteiger partial charge in [0.1, 0.15) is 12.4 Å². The lowest BCUT2D eigenvalue weighted by Gasteiger charge is -2.11. The lowest BCUT2D eigenvalue weighted by molar-refractivity contribution is -0.146. The predicted octanol–water partition coefficient (Wildman–Crippen LogP) is 1.38. The minimum absolute atomic E-state index is 0.210. The standard InChI is InChI=1S/C15H20O6/c16-14(15(17)18)11-3-5-12(6-4-11)21-9-8-19-10-13-2-1-7-20-13/h3-6,13-14,16H,1-2,7-10H2,(H,17,18). The molecule has 1 aliphatic rings. The Morgan fingerprint density at radius 3 is 2.71 bits per heavy atom. The molecule has 1 aromatic carbocycles. The number of carbonyl (C=O) groups is 1. The summed E-state index contributed by atoms with van der Waals surface area (Å²) in [7, 11) is 0. The summed E-state index contributed by atoms with van der Waals surface area (Å²) in [5, 5.41) is 18.1. The molecule has 0 amide bonds. The van der Waals surface area contributed by atoms with Gasteiger partial charge in [-0.2, -0.15) is 0 Å². The maximum atomic E-state index is 10.6. The van der Waals surface area contributed by atoms with Crippen LogP contribution in [0.15, 0.2) is 24.3 Å². The molecule has 1 aromatic rings. The molecule has 0 saturated carbocycles. The van der Waals surface area contributed by atoms with E-state index in [1.807, 2.05) is 0 Å². The molecule has 1 fully saturated rings. The minimum Gasteiger partial charge on any atom is -0.491 e. The smallest absolute Gasteiger partial charge is 0.337 e. The number of rotatable bonds is 8. The van der Waals surface area contributed by atoms with Gasteiger partial charge in [0.2, 0.25) is 0 Å². The molecule has 2 unspecified atom stereocenters. The quantitative estimate of drug-likeness (QED) is 0.705. The van der Waals surface area contributed by atoms with Crippen molar-refractivity contribution in [1.29, 1.82) is 0 Å². The first kappa shape index (κ1) is 15.8. The van der Waals surface area contributed by atoms with E-state index in [-0.39, 0.29) is 6.10 Å². The normalized spacial score (nSPS) is 19.4. The van der Waals surface area contributed by atoms with Crippen molar-refractivity contribution < 1.29 is 29.2 Å². The Kier molecular flexibility index (Phi) is 5.98. The summed E-state index contributed by atoms with van der Waals surface area (Å²) in [6.07, 6.45) is 0.850. The SMILES string of the molecule is O=C(O)C(O)c1ccc(OCCOCC2CCCO2)cc1. The van der Waals surface area contributed by atoms with Crippen LogP contribution in [0.2, 0.25) is 0 Å². The van der Waals surface area contributed by atoms with E-state index in [4.69, 9.17) is 19.3 Å². The molecule has 21 heavy (non-hydrogen) atoms. The van der Waals surface area contributed by atoms with Crippen molar-refractivity contribution in [2.24, 2.45) is 0 Å². The molecule has 0 aliphatic carbocycles. The third-order valence-corrected chi connectivity index (χ3v) is 3.25. The summed E-state index contributed by atoms with van der Waals surface area (Å²) in [6, 6.07) is 6.31. The van der Waals surface area contributed by atoms with Gasteiger partial charge in [-0.1, -0.05) is 12.1 Å². The van der Waals surface area contributed by atoms with Crippen LogP contribution in [0, 0.1) is 0 Å². The van der Waals surface area contributed by atoms with Gasteiger partial charge in [0.25, 0.3) is 0 Å². The fourth-order valence-electron chi connectivity index (χ4n) is 2.10. The fraction of sp³-hybridized carbons (Fsp3) is 0.533. The highest BCUT2D eigenvalue weighted by Crippen LogP contribution is 2.18. The Hall–Kier alpha value is -1.63.